The zero-order chi connectivity index (χ0) is 7.72. The molecule has 1 heterocycles. The highest BCUT2D eigenvalue weighted by Crippen LogP contribution is 2.19. The molecule has 1 aromatic heterocycles. The van der Waals surface area contributed by atoms with Crippen LogP contribution in [0.15, 0.2) is 6.07 Å². The van der Waals surface area contributed by atoms with E-state index in [1.807, 2.05) is 45.2 Å². The second kappa shape index (κ2) is 3.48. The number of halogens is 4. The normalized spacial score (nSPS) is 10.0. The molecule has 0 bridgehead atoms. The van der Waals surface area contributed by atoms with Gasteiger partial charge in [-0.2, -0.15) is 0 Å². The van der Waals surface area contributed by atoms with Crippen LogP contribution in [0.2, 0.25) is 5.02 Å². The summed E-state index contributed by atoms with van der Waals surface area (Å²) in [6.07, 6.45) is 0. The van der Waals surface area contributed by atoms with Crippen molar-refractivity contribution < 1.29 is 4.39 Å². The van der Waals surface area contributed by atoms with Gasteiger partial charge in [-0.05, 0) is 51.2 Å². The lowest BCUT2D eigenvalue weighted by Crippen LogP contribution is -1.90. The van der Waals surface area contributed by atoms with E-state index in [0.717, 1.165) is 0 Å². The lowest BCUT2D eigenvalue weighted by Gasteiger charge is -1.96. The third kappa shape index (κ3) is 1.91. The Morgan fingerprint density at radius 2 is 2.00 bits per heavy atom. The number of hydrogen-bond acceptors (Lipinski definition) is 1. The van der Waals surface area contributed by atoms with E-state index >= 15 is 0 Å². The van der Waals surface area contributed by atoms with Crippen molar-refractivity contribution in [3.05, 3.63) is 24.3 Å². The third-order valence-electron chi connectivity index (χ3n) is 0.844. The maximum absolute atomic E-state index is 12.6. The summed E-state index contributed by atoms with van der Waals surface area (Å²) in [7, 11) is 0. The Morgan fingerprint density at radius 3 is 2.50 bits per heavy atom. The molecule has 0 fully saturated rings. The van der Waals surface area contributed by atoms with E-state index in [1.54, 1.807) is 0 Å². The third-order valence-corrected chi connectivity index (χ3v) is 3.03. The molecule has 10 heavy (non-hydrogen) atoms. The zero-order valence-corrected chi connectivity index (χ0v) is 9.61. The fraction of sp³-hybridized carbons (Fsp3) is 0. The minimum Gasteiger partial charge on any atom is -0.231 e. The first-order valence-corrected chi connectivity index (χ1v) is 4.82. The summed E-state index contributed by atoms with van der Waals surface area (Å²) in [6, 6.07) is 1.26. The second-order valence-electron chi connectivity index (χ2n) is 1.53. The molecule has 0 radical (unpaired) electrons. The maximum Gasteiger partial charge on any atom is 0.156 e. The maximum atomic E-state index is 12.6. The van der Waals surface area contributed by atoms with Crippen molar-refractivity contribution in [2.75, 3.05) is 0 Å². The van der Waals surface area contributed by atoms with Crippen LogP contribution in [0.1, 0.15) is 0 Å². The highest BCUT2D eigenvalue weighted by atomic mass is 127. The van der Waals surface area contributed by atoms with Crippen molar-refractivity contribution >= 4 is 56.8 Å². The Kier molecular flexibility index (Phi) is 3.11. The molecule has 0 saturated heterocycles. The van der Waals surface area contributed by atoms with Crippen molar-refractivity contribution in [3.8, 4) is 0 Å². The van der Waals surface area contributed by atoms with E-state index in [2.05, 4.69) is 4.98 Å². The summed E-state index contributed by atoms with van der Waals surface area (Å²) in [5.74, 6) is -0.369. The first kappa shape index (κ1) is 8.92. The summed E-state index contributed by atoms with van der Waals surface area (Å²) in [5, 5.41) is 0.360. The molecular formula is C5HClFI2N. The highest BCUT2D eigenvalue weighted by Gasteiger charge is 2.04. The minimum absolute atomic E-state index is 0.353. The van der Waals surface area contributed by atoms with Crippen LogP contribution in [0.4, 0.5) is 4.39 Å². The molecule has 0 aliphatic carbocycles. The van der Waals surface area contributed by atoms with E-state index in [0.29, 0.717) is 12.4 Å². The van der Waals surface area contributed by atoms with Gasteiger partial charge in [-0.25, -0.2) is 9.37 Å². The first-order valence-electron chi connectivity index (χ1n) is 2.28. The molecule has 0 atom stereocenters. The van der Waals surface area contributed by atoms with E-state index in [4.69, 9.17) is 11.6 Å². The monoisotopic (exact) mass is 383 g/mol. The molecule has 1 rings (SSSR count). The molecule has 5 heteroatoms. The predicted molar refractivity (Wildman–Crippen MR) is 54.6 cm³/mol. The van der Waals surface area contributed by atoms with Crippen LogP contribution in [-0.4, -0.2) is 4.98 Å². The molecule has 0 aliphatic rings. The lowest BCUT2D eigenvalue weighted by molar-refractivity contribution is 0.611. The molecule has 0 amide bonds. The van der Waals surface area contributed by atoms with Crippen LogP contribution in [0.5, 0.6) is 0 Å². The largest absolute Gasteiger partial charge is 0.231 e. The SMILES string of the molecule is Fc1cc(Cl)c(I)nc1I. The van der Waals surface area contributed by atoms with Gasteiger partial charge in [0, 0.05) is 0 Å². The Bertz CT molecular complexity index is 216. The van der Waals surface area contributed by atoms with Crippen LogP contribution in [0, 0.1) is 13.2 Å². The molecule has 0 aliphatic heterocycles. The topological polar surface area (TPSA) is 12.9 Å². The van der Waals surface area contributed by atoms with Gasteiger partial charge in [-0.15, -0.1) is 0 Å². The molecule has 0 unspecified atom stereocenters. The zero-order valence-electron chi connectivity index (χ0n) is 4.54. The quantitative estimate of drug-likeness (QED) is 0.496. The summed E-state index contributed by atoms with van der Waals surface area (Å²) >= 11 is 9.34. The smallest absolute Gasteiger partial charge is 0.156 e. The minimum atomic E-state index is -0.369. The van der Waals surface area contributed by atoms with Crippen LogP contribution < -0.4 is 0 Å². The van der Waals surface area contributed by atoms with E-state index in [9.17, 15) is 4.39 Å². The Balaban J connectivity index is 3.28. The molecule has 1 nitrogen and oxygen atoms in total. The van der Waals surface area contributed by atoms with Gasteiger partial charge in [0.1, 0.15) is 7.40 Å². The average Bonchev–Trinajstić information content (AvgIpc) is 1.84. The van der Waals surface area contributed by atoms with Crippen molar-refractivity contribution in [2.24, 2.45) is 0 Å². The van der Waals surface area contributed by atoms with Crippen molar-refractivity contribution in [1.29, 1.82) is 0 Å². The van der Waals surface area contributed by atoms with Crippen LogP contribution >= 0.6 is 56.8 Å². The second-order valence-corrected chi connectivity index (χ2v) is 3.98. The Labute approximate surface area is 89.6 Å². The molecule has 1 aromatic rings. The van der Waals surface area contributed by atoms with Gasteiger partial charge in [-0.1, -0.05) is 11.6 Å². The Hall–Kier alpha value is 0.830. The predicted octanol–water partition coefficient (Wildman–Crippen LogP) is 3.08. The summed E-state index contributed by atoms with van der Waals surface area (Å²) in [4.78, 5) is 3.84. The number of hydrogen-bond donors (Lipinski definition) is 0. The van der Waals surface area contributed by atoms with Gasteiger partial charge in [0.25, 0.3) is 0 Å². The number of nitrogens with zero attached hydrogens (tertiary/aromatic N) is 1. The first-order chi connectivity index (χ1) is 4.61. The highest BCUT2D eigenvalue weighted by molar-refractivity contribution is 14.1. The molecule has 0 spiro atoms. The van der Waals surface area contributed by atoms with Gasteiger partial charge >= 0.3 is 0 Å². The van der Waals surface area contributed by atoms with Gasteiger partial charge in [0.2, 0.25) is 0 Å². The fourth-order valence-corrected chi connectivity index (χ4v) is 1.82. The summed E-state index contributed by atoms with van der Waals surface area (Å²) in [6.45, 7) is 0. The van der Waals surface area contributed by atoms with Gasteiger partial charge in [0.15, 0.2) is 5.82 Å². The fourth-order valence-electron chi connectivity index (χ4n) is 0.423. The van der Waals surface area contributed by atoms with Crippen LogP contribution in [0.3, 0.4) is 0 Å². The summed E-state index contributed by atoms with van der Waals surface area (Å²) < 4.78 is 13.6. The van der Waals surface area contributed by atoms with Gasteiger partial charge in [-0.3, -0.25) is 0 Å². The van der Waals surface area contributed by atoms with Crippen LogP contribution in [-0.2, 0) is 0 Å². The van der Waals surface area contributed by atoms with Crippen molar-refractivity contribution in [2.45, 2.75) is 0 Å². The number of pyridine rings is 1. The lowest BCUT2D eigenvalue weighted by atomic mass is 10.5. The Morgan fingerprint density at radius 1 is 1.40 bits per heavy atom. The molecule has 0 N–H and O–H groups in total. The molecular weight excluding hydrogens is 382 g/mol. The average molecular weight is 383 g/mol. The standard InChI is InChI=1S/C5HClFI2N/c6-2-1-3(7)5(9)10-4(2)8/h1H. The number of rotatable bonds is 0. The molecule has 0 aromatic carbocycles. The van der Waals surface area contributed by atoms with Gasteiger partial charge < -0.3 is 0 Å². The van der Waals surface area contributed by atoms with Crippen molar-refractivity contribution in [3.63, 3.8) is 0 Å². The van der Waals surface area contributed by atoms with Crippen molar-refractivity contribution in [1.82, 2.24) is 4.98 Å². The van der Waals surface area contributed by atoms with Crippen LogP contribution in [0.25, 0.3) is 0 Å². The molecule has 0 saturated carbocycles. The molecule has 54 valence electrons. The van der Waals surface area contributed by atoms with E-state index in [-0.39, 0.29) is 5.82 Å². The summed E-state index contributed by atoms with van der Waals surface area (Å²) in [5.41, 5.74) is 0. The van der Waals surface area contributed by atoms with E-state index in [1.165, 1.54) is 6.07 Å². The van der Waals surface area contributed by atoms with E-state index < -0.39 is 0 Å². The number of aromatic nitrogens is 1. The van der Waals surface area contributed by atoms with Gasteiger partial charge in [0.05, 0.1) is 5.02 Å².